The van der Waals surface area contributed by atoms with Gasteiger partial charge >= 0.3 is 0 Å². The molecule has 0 aliphatic heterocycles. The summed E-state index contributed by atoms with van der Waals surface area (Å²) in [4.78, 5) is 5.00. The van der Waals surface area contributed by atoms with Crippen molar-refractivity contribution in [3.8, 4) is 5.75 Å². The molecule has 0 aliphatic carbocycles. The van der Waals surface area contributed by atoms with Gasteiger partial charge in [-0.15, -0.1) is 17.0 Å². The van der Waals surface area contributed by atoms with Gasteiger partial charge in [-0.3, -0.25) is 0 Å². The standard InChI is InChI=1S/C32H24N2O.BrH/c1-21(32-33-27-12-5-6-13-28(27)34(32)20-22-8-3-2-4-9-22)35-29-19-17-25-15-14-23-10-7-11-24-16-18-26(29)31(25)30(23)24;/h2-19,21H,20H2,1H3;1H. The number of fused-ring (bicyclic) bond motifs is 1. The van der Waals surface area contributed by atoms with Crippen LogP contribution in [0.1, 0.15) is 24.4 Å². The number of imidazole rings is 1. The van der Waals surface area contributed by atoms with Crippen LogP contribution in [-0.2, 0) is 6.54 Å². The highest BCUT2D eigenvalue weighted by atomic mass is 79.9. The van der Waals surface area contributed by atoms with E-state index in [0.29, 0.717) is 0 Å². The minimum absolute atomic E-state index is 0. The molecule has 0 saturated heterocycles. The highest BCUT2D eigenvalue weighted by Gasteiger charge is 2.20. The van der Waals surface area contributed by atoms with Crippen molar-refractivity contribution in [2.75, 3.05) is 0 Å². The van der Waals surface area contributed by atoms with Crippen LogP contribution < -0.4 is 4.74 Å². The van der Waals surface area contributed by atoms with Crippen molar-refractivity contribution in [3.05, 3.63) is 121 Å². The van der Waals surface area contributed by atoms with Crippen molar-refractivity contribution in [3.63, 3.8) is 0 Å². The van der Waals surface area contributed by atoms with Gasteiger partial charge in [0.1, 0.15) is 5.75 Å². The number of hydrogen-bond donors (Lipinski definition) is 0. The molecule has 0 saturated carbocycles. The van der Waals surface area contributed by atoms with Gasteiger partial charge in [0.25, 0.3) is 0 Å². The lowest BCUT2D eigenvalue weighted by Crippen LogP contribution is -2.13. The van der Waals surface area contributed by atoms with Crippen molar-refractivity contribution in [1.29, 1.82) is 0 Å². The van der Waals surface area contributed by atoms with E-state index in [4.69, 9.17) is 9.72 Å². The molecule has 176 valence electrons. The predicted octanol–water partition coefficient (Wildman–Crippen LogP) is 8.70. The van der Waals surface area contributed by atoms with Crippen LogP contribution in [0.3, 0.4) is 0 Å². The number of para-hydroxylation sites is 2. The molecule has 1 atom stereocenters. The second-order valence-electron chi connectivity index (χ2n) is 9.21. The smallest absolute Gasteiger partial charge is 0.153 e. The molecule has 0 fully saturated rings. The molecule has 3 nitrogen and oxygen atoms in total. The zero-order valence-corrected chi connectivity index (χ0v) is 21.6. The largest absolute Gasteiger partial charge is 0.482 e. The fourth-order valence-corrected chi connectivity index (χ4v) is 5.39. The molecule has 0 spiro atoms. The molecule has 1 aromatic heterocycles. The zero-order chi connectivity index (χ0) is 23.4. The molecule has 1 heterocycles. The van der Waals surface area contributed by atoms with Gasteiger partial charge in [-0.05, 0) is 58.3 Å². The molecule has 7 rings (SSSR count). The summed E-state index contributed by atoms with van der Waals surface area (Å²) in [7, 11) is 0. The van der Waals surface area contributed by atoms with Crippen molar-refractivity contribution >= 4 is 60.3 Å². The van der Waals surface area contributed by atoms with Gasteiger partial charge < -0.3 is 9.30 Å². The number of hydrogen-bond acceptors (Lipinski definition) is 2. The Balaban J connectivity index is 0.00000240. The Bertz CT molecular complexity index is 1810. The normalized spacial score (nSPS) is 12.4. The first-order valence-corrected chi connectivity index (χ1v) is 12.1. The van der Waals surface area contributed by atoms with Gasteiger partial charge in [0, 0.05) is 17.3 Å². The van der Waals surface area contributed by atoms with E-state index in [1.807, 2.05) is 6.07 Å². The van der Waals surface area contributed by atoms with Crippen LogP contribution in [0.15, 0.2) is 109 Å². The summed E-state index contributed by atoms with van der Waals surface area (Å²) < 4.78 is 8.97. The lowest BCUT2D eigenvalue weighted by atomic mass is 9.94. The maximum absolute atomic E-state index is 6.68. The lowest BCUT2D eigenvalue weighted by molar-refractivity contribution is 0.215. The van der Waals surface area contributed by atoms with E-state index in [-0.39, 0.29) is 23.1 Å². The minimum Gasteiger partial charge on any atom is -0.482 e. The molecule has 0 aliphatic rings. The molecular formula is C32H25BrN2O. The molecule has 7 aromatic rings. The first-order chi connectivity index (χ1) is 17.3. The maximum atomic E-state index is 6.68. The second kappa shape index (κ2) is 8.96. The van der Waals surface area contributed by atoms with Gasteiger partial charge in [0.15, 0.2) is 11.9 Å². The number of benzene rings is 6. The van der Waals surface area contributed by atoms with Crippen LogP contribution in [0.4, 0.5) is 0 Å². The van der Waals surface area contributed by atoms with Crippen molar-refractivity contribution in [1.82, 2.24) is 9.55 Å². The van der Waals surface area contributed by atoms with Crippen molar-refractivity contribution in [2.45, 2.75) is 19.6 Å². The molecule has 36 heavy (non-hydrogen) atoms. The van der Waals surface area contributed by atoms with Crippen LogP contribution in [0.2, 0.25) is 0 Å². The molecule has 0 bridgehead atoms. The summed E-state index contributed by atoms with van der Waals surface area (Å²) in [5.74, 6) is 1.82. The monoisotopic (exact) mass is 532 g/mol. The SMILES string of the molecule is Br.CC(Oc1ccc2ccc3cccc4ccc1c2c34)c1nc2ccccc2n1Cc1ccccc1. The van der Waals surface area contributed by atoms with Gasteiger partial charge in [0.2, 0.25) is 0 Å². The summed E-state index contributed by atoms with van der Waals surface area (Å²) in [6.07, 6.45) is -0.218. The van der Waals surface area contributed by atoms with Crippen molar-refractivity contribution in [2.24, 2.45) is 0 Å². The summed E-state index contributed by atoms with van der Waals surface area (Å²) >= 11 is 0. The van der Waals surface area contributed by atoms with Crippen LogP contribution in [-0.4, -0.2) is 9.55 Å². The average Bonchev–Trinajstić information content (AvgIpc) is 3.27. The Hall–Kier alpha value is -3.89. The van der Waals surface area contributed by atoms with Gasteiger partial charge in [0.05, 0.1) is 11.0 Å². The van der Waals surface area contributed by atoms with E-state index >= 15 is 0 Å². The lowest BCUT2D eigenvalue weighted by Gasteiger charge is -2.19. The van der Waals surface area contributed by atoms with E-state index in [0.717, 1.165) is 34.5 Å². The third kappa shape index (κ3) is 3.61. The highest BCUT2D eigenvalue weighted by molar-refractivity contribution is 8.93. The summed E-state index contributed by atoms with van der Waals surface area (Å²) in [5, 5.41) is 7.47. The molecule has 0 radical (unpaired) electrons. The van der Waals surface area contributed by atoms with Gasteiger partial charge in [-0.25, -0.2) is 4.98 Å². The summed E-state index contributed by atoms with van der Waals surface area (Å²) in [5.41, 5.74) is 3.35. The molecule has 6 aromatic carbocycles. The van der Waals surface area contributed by atoms with Crippen molar-refractivity contribution < 1.29 is 4.74 Å². The van der Waals surface area contributed by atoms with E-state index in [9.17, 15) is 0 Å². The fraction of sp³-hybridized carbons (Fsp3) is 0.0938. The zero-order valence-electron chi connectivity index (χ0n) is 19.9. The van der Waals surface area contributed by atoms with E-state index < -0.39 is 0 Å². The number of aromatic nitrogens is 2. The van der Waals surface area contributed by atoms with Crippen LogP contribution in [0, 0.1) is 0 Å². The Morgan fingerprint density at radius 3 is 2.17 bits per heavy atom. The molecule has 0 amide bonds. The Morgan fingerprint density at radius 1 is 0.694 bits per heavy atom. The maximum Gasteiger partial charge on any atom is 0.153 e. The number of nitrogens with zero attached hydrogens (tertiary/aromatic N) is 2. The second-order valence-corrected chi connectivity index (χ2v) is 9.21. The first-order valence-electron chi connectivity index (χ1n) is 12.1. The number of ether oxygens (including phenoxy) is 1. The van der Waals surface area contributed by atoms with Crippen LogP contribution in [0.25, 0.3) is 43.4 Å². The Labute approximate surface area is 220 Å². The van der Waals surface area contributed by atoms with E-state index in [1.165, 1.54) is 32.5 Å². The third-order valence-electron chi connectivity index (χ3n) is 7.02. The van der Waals surface area contributed by atoms with E-state index in [2.05, 4.69) is 115 Å². The molecule has 4 heteroatoms. The number of halogens is 1. The average molecular weight is 533 g/mol. The Kier molecular flexibility index (Phi) is 5.62. The topological polar surface area (TPSA) is 27.1 Å². The molecular weight excluding hydrogens is 508 g/mol. The molecule has 1 unspecified atom stereocenters. The predicted molar refractivity (Wildman–Crippen MR) is 155 cm³/mol. The number of rotatable bonds is 5. The highest BCUT2D eigenvalue weighted by Crippen LogP contribution is 2.39. The quantitative estimate of drug-likeness (QED) is 0.207. The molecule has 0 N–H and O–H groups in total. The van der Waals surface area contributed by atoms with Crippen LogP contribution in [0.5, 0.6) is 5.75 Å². The van der Waals surface area contributed by atoms with Crippen LogP contribution >= 0.6 is 17.0 Å². The third-order valence-corrected chi connectivity index (χ3v) is 7.02. The first kappa shape index (κ1) is 22.6. The minimum atomic E-state index is -0.218. The van der Waals surface area contributed by atoms with E-state index in [1.54, 1.807) is 0 Å². The summed E-state index contributed by atoms with van der Waals surface area (Å²) in [6.45, 7) is 2.85. The van der Waals surface area contributed by atoms with Gasteiger partial charge in [-0.1, -0.05) is 84.9 Å². The summed E-state index contributed by atoms with van der Waals surface area (Å²) in [6, 6.07) is 38.4. The Morgan fingerprint density at radius 2 is 1.36 bits per heavy atom. The van der Waals surface area contributed by atoms with Gasteiger partial charge in [-0.2, -0.15) is 0 Å². The fourth-order valence-electron chi connectivity index (χ4n) is 5.39.